The minimum atomic E-state index is -0.531. The summed E-state index contributed by atoms with van der Waals surface area (Å²) in [6.07, 6.45) is 1.37. The smallest absolute Gasteiger partial charge is 0.245 e. The number of pyridine rings is 1. The number of nitrogens with one attached hydrogen (secondary N) is 2. The largest absolute Gasteiger partial charge is 0.470 e. The fourth-order valence-corrected chi connectivity index (χ4v) is 3.90. The number of fused-ring (bicyclic) bond motifs is 1. The summed E-state index contributed by atoms with van der Waals surface area (Å²) in [6.45, 7) is 2.50. The van der Waals surface area contributed by atoms with Gasteiger partial charge in [0.25, 0.3) is 0 Å². The Bertz CT molecular complexity index is 1160. The SMILES string of the molecule is Nc1nc(O[C@H]2CCOC2)c2nc(-c3ccc(NC(=O)[C@@H]4CCNC4)c(F)c3)ccc2n1. The van der Waals surface area contributed by atoms with E-state index in [4.69, 9.17) is 15.2 Å². The van der Waals surface area contributed by atoms with Gasteiger partial charge in [-0.2, -0.15) is 4.98 Å². The molecule has 166 valence electrons. The summed E-state index contributed by atoms with van der Waals surface area (Å²) in [6, 6.07) is 8.08. The second-order valence-corrected chi connectivity index (χ2v) is 7.93. The topological polar surface area (TPSA) is 124 Å². The molecule has 4 N–H and O–H groups in total. The van der Waals surface area contributed by atoms with Crippen molar-refractivity contribution >= 4 is 28.6 Å². The Kier molecular flexibility index (Phi) is 5.54. The van der Waals surface area contributed by atoms with Crippen molar-refractivity contribution in [2.24, 2.45) is 5.92 Å². The highest BCUT2D eigenvalue weighted by Gasteiger charge is 2.24. The molecule has 0 spiro atoms. The van der Waals surface area contributed by atoms with Crippen LogP contribution in [-0.4, -0.2) is 53.3 Å². The molecule has 3 aromatic rings. The lowest BCUT2D eigenvalue weighted by Gasteiger charge is -2.14. The molecule has 0 saturated carbocycles. The van der Waals surface area contributed by atoms with Gasteiger partial charge in [-0.25, -0.2) is 14.4 Å². The van der Waals surface area contributed by atoms with Gasteiger partial charge >= 0.3 is 0 Å². The number of benzene rings is 1. The first-order valence-corrected chi connectivity index (χ1v) is 10.6. The van der Waals surface area contributed by atoms with Gasteiger partial charge in [-0.15, -0.1) is 0 Å². The third-order valence-corrected chi connectivity index (χ3v) is 5.65. The van der Waals surface area contributed by atoms with Crippen LogP contribution in [0.25, 0.3) is 22.3 Å². The Labute approximate surface area is 183 Å². The zero-order valence-corrected chi connectivity index (χ0v) is 17.3. The van der Waals surface area contributed by atoms with E-state index in [1.165, 1.54) is 6.07 Å². The Morgan fingerprint density at radius 3 is 2.88 bits per heavy atom. The number of nitrogens with zero attached hydrogens (tertiary/aromatic N) is 3. The number of ether oxygens (including phenoxy) is 2. The summed E-state index contributed by atoms with van der Waals surface area (Å²) in [5, 5.41) is 5.81. The van der Waals surface area contributed by atoms with Crippen molar-refractivity contribution < 1.29 is 18.7 Å². The molecule has 0 radical (unpaired) electrons. The lowest BCUT2D eigenvalue weighted by molar-refractivity contribution is -0.119. The number of carbonyl (C=O) groups excluding carboxylic acids is 1. The van der Waals surface area contributed by atoms with E-state index in [1.54, 1.807) is 24.3 Å². The fourth-order valence-electron chi connectivity index (χ4n) is 3.90. The van der Waals surface area contributed by atoms with Crippen molar-refractivity contribution in [1.82, 2.24) is 20.3 Å². The summed E-state index contributed by atoms with van der Waals surface area (Å²) < 4.78 is 26.1. The Morgan fingerprint density at radius 2 is 2.12 bits per heavy atom. The predicted octanol–water partition coefficient (Wildman–Crippen LogP) is 2.13. The average molecular weight is 438 g/mol. The van der Waals surface area contributed by atoms with Crippen LogP contribution in [0.1, 0.15) is 12.8 Å². The van der Waals surface area contributed by atoms with Crippen LogP contribution in [0.3, 0.4) is 0 Å². The molecule has 2 aliphatic heterocycles. The van der Waals surface area contributed by atoms with Gasteiger partial charge in [0.1, 0.15) is 11.9 Å². The maximum absolute atomic E-state index is 14.8. The van der Waals surface area contributed by atoms with Crippen molar-refractivity contribution in [2.45, 2.75) is 18.9 Å². The summed E-state index contributed by atoms with van der Waals surface area (Å²) in [4.78, 5) is 25.3. The molecular weight excluding hydrogens is 415 g/mol. The Hall–Kier alpha value is -3.37. The molecule has 5 rings (SSSR count). The van der Waals surface area contributed by atoms with E-state index in [-0.39, 0.29) is 35.4 Å². The van der Waals surface area contributed by atoms with Gasteiger partial charge in [0.15, 0.2) is 5.52 Å². The first-order chi connectivity index (χ1) is 15.6. The molecule has 2 aromatic heterocycles. The van der Waals surface area contributed by atoms with E-state index in [0.717, 1.165) is 19.4 Å². The summed E-state index contributed by atoms with van der Waals surface area (Å²) >= 11 is 0. The molecule has 1 amide bonds. The number of nitrogen functional groups attached to an aromatic ring is 1. The Morgan fingerprint density at radius 1 is 1.22 bits per heavy atom. The van der Waals surface area contributed by atoms with Crippen molar-refractivity contribution in [2.75, 3.05) is 37.4 Å². The summed E-state index contributed by atoms with van der Waals surface area (Å²) in [7, 11) is 0. The number of anilines is 2. The first kappa shape index (κ1) is 20.5. The minimum Gasteiger partial charge on any atom is -0.470 e. The molecule has 32 heavy (non-hydrogen) atoms. The molecule has 2 saturated heterocycles. The molecule has 1 aromatic carbocycles. The number of hydrogen-bond acceptors (Lipinski definition) is 8. The van der Waals surface area contributed by atoms with Crippen LogP contribution in [0.2, 0.25) is 0 Å². The quantitative estimate of drug-likeness (QED) is 0.553. The highest BCUT2D eigenvalue weighted by Crippen LogP contribution is 2.29. The molecule has 2 atom stereocenters. The van der Waals surface area contributed by atoms with E-state index >= 15 is 0 Å². The van der Waals surface area contributed by atoms with Gasteiger partial charge in [-0.3, -0.25) is 4.79 Å². The standard InChI is InChI=1S/C22H23FN6O3/c23-15-9-12(1-2-17(15)27-20(30)13-5-7-25-10-13)16-3-4-18-19(26-16)21(29-22(24)28-18)32-14-6-8-31-11-14/h1-4,9,13-14,25H,5-8,10-11H2,(H,27,30)(H2,24,28,29)/t13-,14+/m1/s1. The molecule has 0 bridgehead atoms. The predicted molar refractivity (Wildman–Crippen MR) is 117 cm³/mol. The third-order valence-electron chi connectivity index (χ3n) is 5.65. The highest BCUT2D eigenvalue weighted by molar-refractivity contribution is 5.93. The van der Waals surface area contributed by atoms with Gasteiger partial charge in [0, 0.05) is 18.5 Å². The van der Waals surface area contributed by atoms with Crippen LogP contribution >= 0.6 is 0 Å². The van der Waals surface area contributed by atoms with Crippen molar-refractivity contribution in [1.29, 1.82) is 0 Å². The van der Waals surface area contributed by atoms with Gasteiger partial charge in [-0.05, 0) is 37.2 Å². The maximum atomic E-state index is 14.8. The van der Waals surface area contributed by atoms with Crippen LogP contribution in [0.15, 0.2) is 30.3 Å². The Balaban J connectivity index is 1.43. The van der Waals surface area contributed by atoms with E-state index in [1.807, 2.05) is 0 Å². The molecule has 2 fully saturated rings. The molecular formula is C22H23FN6O3. The van der Waals surface area contributed by atoms with Crippen LogP contribution in [-0.2, 0) is 9.53 Å². The molecule has 10 heteroatoms. The van der Waals surface area contributed by atoms with Crippen molar-refractivity contribution in [3.63, 3.8) is 0 Å². The maximum Gasteiger partial charge on any atom is 0.245 e. The van der Waals surface area contributed by atoms with Gasteiger partial charge in [-0.1, -0.05) is 6.07 Å². The lowest BCUT2D eigenvalue weighted by atomic mass is 10.1. The molecule has 0 aliphatic carbocycles. The van der Waals surface area contributed by atoms with Gasteiger partial charge in [0.05, 0.1) is 36.0 Å². The second-order valence-electron chi connectivity index (χ2n) is 7.93. The number of amides is 1. The molecule has 9 nitrogen and oxygen atoms in total. The number of hydrogen-bond donors (Lipinski definition) is 3. The monoisotopic (exact) mass is 438 g/mol. The molecule has 0 unspecified atom stereocenters. The van der Waals surface area contributed by atoms with Crippen LogP contribution in [0.4, 0.5) is 16.0 Å². The molecule has 4 heterocycles. The fraction of sp³-hybridized carbons (Fsp3) is 0.364. The van der Waals surface area contributed by atoms with E-state index in [0.29, 0.717) is 42.0 Å². The van der Waals surface area contributed by atoms with E-state index in [2.05, 4.69) is 25.6 Å². The number of aromatic nitrogens is 3. The van der Waals surface area contributed by atoms with Gasteiger partial charge in [0.2, 0.25) is 17.7 Å². The number of halogens is 1. The van der Waals surface area contributed by atoms with E-state index < -0.39 is 5.82 Å². The average Bonchev–Trinajstić information content (AvgIpc) is 3.49. The number of nitrogens with two attached hydrogens (primary N) is 1. The minimum absolute atomic E-state index is 0.0876. The number of carbonyl (C=O) groups is 1. The first-order valence-electron chi connectivity index (χ1n) is 10.6. The summed E-state index contributed by atoms with van der Waals surface area (Å²) in [5.74, 6) is -0.494. The van der Waals surface area contributed by atoms with Crippen molar-refractivity contribution in [3.8, 4) is 17.1 Å². The van der Waals surface area contributed by atoms with Gasteiger partial charge < -0.3 is 25.8 Å². The highest BCUT2D eigenvalue weighted by atomic mass is 19.1. The normalized spacial score (nSPS) is 20.5. The molecule has 2 aliphatic rings. The van der Waals surface area contributed by atoms with Crippen molar-refractivity contribution in [3.05, 3.63) is 36.1 Å². The number of rotatable bonds is 5. The third kappa shape index (κ3) is 4.19. The van der Waals surface area contributed by atoms with Crippen LogP contribution < -0.4 is 21.1 Å². The van der Waals surface area contributed by atoms with E-state index in [9.17, 15) is 9.18 Å². The zero-order chi connectivity index (χ0) is 22.1. The zero-order valence-electron chi connectivity index (χ0n) is 17.3. The van der Waals surface area contributed by atoms with Crippen LogP contribution in [0, 0.1) is 11.7 Å². The second kappa shape index (κ2) is 8.64. The lowest BCUT2D eigenvalue weighted by Crippen LogP contribution is -2.25. The summed E-state index contributed by atoms with van der Waals surface area (Å²) in [5.41, 5.74) is 8.01. The van der Waals surface area contributed by atoms with Crippen LogP contribution in [0.5, 0.6) is 5.88 Å².